The van der Waals surface area contributed by atoms with E-state index in [2.05, 4.69) is 11.4 Å². The van der Waals surface area contributed by atoms with Crippen molar-refractivity contribution in [1.82, 2.24) is 5.32 Å². The smallest absolute Gasteiger partial charge is 0.285 e. The van der Waals surface area contributed by atoms with Crippen LogP contribution >= 0.6 is 0 Å². The molecule has 0 atom stereocenters. The van der Waals surface area contributed by atoms with Crippen molar-refractivity contribution in [3.8, 4) is 6.07 Å². The van der Waals surface area contributed by atoms with Crippen molar-refractivity contribution in [3.05, 3.63) is 40.5 Å². The molecule has 4 heteroatoms. The molecule has 1 N–H and O–H groups in total. The second-order valence-electron chi connectivity index (χ2n) is 6.17. The SMILES string of the molecule is Cc1cc(C(C)(C)C#N)cc(C)c1C1=CCNCC1(F)F. The van der Waals surface area contributed by atoms with Crippen LogP contribution in [0.3, 0.4) is 0 Å². The Morgan fingerprint density at radius 2 is 1.81 bits per heavy atom. The third-order valence-electron chi connectivity index (χ3n) is 3.99. The zero-order valence-electron chi connectivity index (χ0n) is 12.8. The van der Waals surface area contributed by atoms with Crippen LogP contribution in [0.5, 0.6) is 0 Å². The van der Waals surface area contributed by atoms with Crippen LogP contribution in [0.25, 0.3) is 5.57 Å². The molecule has 0 unspecified atom stereocenters. The number of rotatable bonds is 2. The zero-order valence-corrected chi connectivity index (χ0v) is 12.8. The van der Waals surface area contributed by atoms with Gasteiger partial charge in [0.05, 0.1) is 18.0 Å². The summed E-state index contributed by atoms with van der Waals surface area (Å²) < 4.78 is 28.3. The Kier molecular flexibility index (Phi) is 3.90. The minimum Gasteiger partial charge on any atom is -0.307 e. The third-order valence-corrected chi connectivity index (χ3v) is 3.99. The Morgan fingerprint density at radius 1 is 1.24 bits per heavy atom. The van der Waals surface area contributed by atoms with Crippen LogP contribution in [0.15, 0.2) is 18.2 Å². The van der Waals surface area contributed by atoms with Crippen molar-refractivity contribution in [1.29, 1.82) is 5.26 Å². The fourth-order valence-electron chi connectivity index (χ4n) is 2.75. The molecule has 0 spiro atoms. The van der Waals surface area contributed by atoms with E-state index in [9.17, 15) is 14.0 Å². The average molecular weight is 290 g/mol. The van der Waals surface area contributed by atoms with Crippen molar-refractivity contribution in [2.75, 3.05) is 13.1 Å². The van der Waals surface area contributed by atoms with E-state index < -0.39 is 11.3 Å². The van der Waals surface area contributed by atoms with E-state index in [0.717, 1.165) is 16.7 Å². The number of nitrogens with zero attached hydrogens (tertiary/aromatic N) is 1. The van der Waals surface area contributed by atoms with Gasteiger partial charge in [0.25, 0.3) is 5.92 Å². The van der Waals surface area contributed by atoms with Gasteiger partial charge < -0.3 is 5.32 Å². The van der Waals surface area contributed by atoms with Crippen molar-refractivity contribution >= 4 is 5.57 Å². The van der Waals surface area contributed by atoms with Crippen LogP contribution < -0.4 is 5.32 Å². The molecule has 21 heavy (non-hydrogen) atoms. The molecule has 1 aliphatic rings. The van der Waals surface area contributed by atoms with E-state index in [0.29, 0.717) is 12.1 Å². The molecule has 1 aromatic rings. The minimum atomic E-state index is -2.86. The molecule has 2 nitrogen and oxygen atoms in total. The topological polar surface area (TPSA) is 35.8 Å². The fraction of sp³-hybridized carbons (Fsp3) is 0.471. The van der Waals surface area contributed by atoms with Gasteiger partial charge in [-0.2, -0.15) is 14.0 Å². The van der Waals surface area contributed by atoms with Crippen molar-refractivity contribution in [3.63, 3.8) is 0 Å². The van der Waals surface area contributed by atoms with Gasteiger partial charge in [0, 0.05) is 12.1 Å². The second-order valence-corrected chi connectivity index (χ2v) is 6.17. The molecule has 112 valence electrons. The molecule has 0 aromatic heterocycles. The van der Waals surface area contributed by atoms with Crippen LogP contribution in [0.1, 0.15) is 36.1 Å². The van der Waals surface area contributed by atoms with Crippen molar-refractivity contribution in [2.45, 2.75) is 39.0 Å². The highest BCUT2D eigenvalue weighted by Crippen LogP contribution is 2.38. The van der Waals surface area contributed by atoms with Crippen molar-refractivity contribution < 1.29 is 8.78 Å². The molecule has 0 aliphatic carbocycles. The summed E-state index contributed by atoms with van der Waals surface area (Å²) in [4.78, 5) is 0. The standard InChI is InChI=1S/C17H20F2N2/c1-11-7-13(16(3,4)9-20)8-12(2)15(11)14-5-6-21-10-17(14,18)19/h5,7-8,21H,6,10H2,1-4H3. The molecule has 1 aliphatic heterocycles. The number of hydrogen-bond acceptors (Lipinski definition) is 2. The first-order chi connectivity index (χ1) is 9.69. The van der Waals surface area contributed by atoms with E-state index >= 15 is 0 Å². The van der Waals surface area contributed by atoms with Gasteiger partial charge in [0.15, 0.2) is 0 Å². The maximum atomic E-state index is 14.1. The van der Waals surface area contributed by atoms with Crippen molar-refractivity contribution in [2.24, 2.45) is 0 Å². The Balaban J connectivity index is 2.58. The first kappa shape index (κ1) is 15.7. The Morgan fingerprint density at radius 3 is 2.29 bits per heavy atom. The Labute approximate surface area is 124 Å². The van der Waals surface area contributed by atoms with Gasteiger partial charge in [-0.3, -0.25) is 0 Å². The maximum Gasteiger partial charge on any atom is 0.285 e. The summed E-state index contributed by atoms with van der Waals surface area (Å²) in [6.07, 6.45) is 1.56. The summed E-state index contributed by atoms with van der Waals surface area (Å²) in [5, 5.41) is 11.9. The molecule has 0 fully saturated rings. The summed E-state index contributed by atoms with van der Waals surface area (Å²) in [5.74, 6) is -2.86. The van der Waals surface area contributed by atoms with E-state index in [4.69, 9.17) is 0 Å². The number of nitriles is 1. The lowest BCUT2D eigenvalue weighted by Gasteiger charge is -2.28. The molecular weight excluding hydrogens is 270 g/mol. The summed E-state index contributed by atoms with van der Waals surface area (Å²) in [5.41, 5.74) is 2.53. The predicted molar refractivity (Wildman–Crippen MR) is 80.3 cm³/mol. The first-order valence-electron chi connectivity index (χ1n) is 7.01. The zero-order chi connectivity index (χ0) is 15.8. The number of nitrogens with one attached hydrogen (secondary N) is 1. The van der Waals surface area contributed by atoms with Gasteiger partial charge in [0.2, 0.25) is 0 Å². The number of hydrogen-bond donors (Lipinski definition) is 1. The van der Waals surface area contributed by atoms with E-state index in [1.54, 1.807) is 6.08 Å². The number of aryl methyl sites for hydroxylation is 2. The molecule has 2 rings (SSSR count). The molecule has 0 bridgehead atoms. The van der Waals surface area contributed by atoms with Crippen LogP contribution in [-0.4, -0.2) is 19.0 Å². The molecule has 0 saturated heterocycles. The van der Waals surface area contributed by atoms with Gasteiger partial charge in [-0.05, 0) is 49.9 Å². The first-order valence-corrected chi connectivity index (χ1v) is 7.01. The lowest BCUT2D eigenvalue weighted by molar-refractivity contribution is 0.0635. The molecular formula is C17H20F2N2. The summed E-state index contributed by atoms with van der Waals surface area (Å²) in [6.45, 7) is 7.45. The van der Waals surface area contributed by atoms with Gasteiger partial charge >= 0.3 is 0 Å². The highest BCUT2D eigenvalue weighted by Gasteiger charge is 2.38. The summed E-state index contributed by atoms with van der Waals surface area (Å²) in [7, 11) is 0. The molecule has 1 heterocycles. The maximum absolute atomic E-state index is 14.1. The van der Waals surface area contributed by atoms with Gasteiger partial charge in [-0.1, -0.05) is 18.2 Å². The van der Waals surface area contributed by atoms with Crippen LogP contribution in [-0.2, 0) is 5.41 Å². The molecule has 0 saturated carbocycles. The summed E-state index contributed by atoms with van der Waals surface area (Å²) in [6, 6.07) is 5.96. The molecule has 0 amide bonds. The number of alkyl halides is 2. The van der Waals surface area contributed by atoms with E-state index in [-0.39, 0.29) is 12.1 Å². The molecule has 1 aromatic carbocycles. The molecule has 0 radical (unpaired) electrons. The predicted octanol–water partition coefficient (Wildman–Crippen LogP) is 3.73. The van der Waals surface area contributed by atoms with E-state index in [1.165, 1.54) is 0 Å². The van der Waals surface area contributed by atoms with Gasteiger partial charge in [-0.15, -0.1) is 0 Å². The van der Waals surface area contributed by atoms with Gasteiger partial charge in [0.1, 0.15) is 0 Å². The Bertz CT molecular complexity index is 614. The second kappa shape index (κ2) is 5.23. The van der Waals surface area contributed by atoms with E-state index in [1.807, 2.05) is 39.8 Å². The third kappa shape index (κ3) is 2.84. The highest BCUT2D eigenvalue weighted by atomic mass is 19.3. The monoisotopic (exact) mass is 290 g/mol. The average Bonchev–Trinajstić information content (AvgIpc) is 2.39. The lowest BCUT2D eigenvalue weighted by Crippen LogP contribution is -2.38. The normalized spacial score (nSPS) is 18.0. The quantitative estimate of drug-likeness (QED) is 0.901. The Hall–Kier alpha value is -1.73. The largest absolute Gasteiger partial charge is 0.307 e. The van der Waals surface area contributed by atoms with Crippen LogP contribution in [0.2, 0.25) is 0 Å². The summed E-state index contributed by atoms with van der Waals surface area (Å²) >= 11 is 0. The van der Waals surface area contributed by atoms with Crippen LogP contribution in [0, 0.1) is 25.2 Å². The van der Waals surface area contributed by atoms with Crippen LogP contribution in [0.4, 0.5) is 8.78 Å². The minimum absolute atomic E-state index is 0.0950. The van der Waals surface area contributed by atoms with Gasteiger partial charge in [-0.25, -0.2) is 0 Å². The fourth-order valence-corrected chi connectivity index (χ4v) is 2.75. The lowest BCUT2D eigenvalue weighted by atomic mass is 9.81. The number of benzene rings is 1. The number of halogens is 2. The highest BCUT2D eigenvalue weighted by molar-refractivity contribution is 5.76.